The molecule has 1 fully saturated rings. The molecule has 84 valence electrons. The average molecular weight is 227 g/mol. The highest BCUT2D eigenvalue weighted by Gasteiger charge is 2.42. The van der Waals surface area contributed by atoms with Crippen LogP contribution in [-0.4, -0.2) is 47.7 Å². The van der Waals surface area contributed by atoms with Crippen LogP contribution in [0.2, 0.25) is 0 Å². The second-order valence-corrected chi connectivity index (χ2v) is 3.39. The molecule has 0 bridgehead atoms. The van der Waals surface area contributed by atoms with E-state index in [2.05, 4.69) is 9.37 Å². The molecule has 0 saturated carbocycles. The summed E-state index contributed by atoms with van der Waals surface area (Å²) in [5, 5.41) is 31.3. The van der Waals surface area contributed by atoms with Crippen LogP contribution in [0.25, 0.3) is 0 Å². The fourth-order valence-electron chi connectivity index (χ4n) is 1.16. The fourth-order valence-corrected chi connectivity index (χ4v) is 1.67. The van der Waals surface area contributed by atoms with Gasteiger partial charge >= 0.3 is 0 Å². The molecule has 4 unspecified atom stereocenters. The van der Waals surface area contributed by atoms with Crippen molar-refractivity contribution in [2.45, 2.75) is 24.6 Å². The van der Waals surface area contributed by atoms with Gasteiger partial charge in [-0.15, -0.1) is 0 Å². The normalized spacial score (nSPS) is 37.7. The third-order valence-corrected chi connectivity index (χ3v) is 2.48. The van der Waals surface area contributed by atoms with E-state index < -0.39 is 24.6 Å². The highest BCUT2D eigenvalue weighted by atomic mass is 32.2. The Labute approximate surface area is 84.6 Å². The minimum atomic E-state index is -1.10. The van der Waals surface area contributed by atoms with Gasteiger partial charge in [0.1, 0.15) is 18.3 Å². The highest BCUT2D eigenvalue weighted by molar-refractivity contribution is 7.94. The first-order chi connectivity index (χ1) is 6.70. The quantitative estimate of drug-likeness (QED) is 0.239. The van der Waals surface area contributed by atoms with Crippen molar-refractivity contribution in [2.24, 2.45) is 0 Å². The van der Waals surface area contributed by atoms with Crippen molar-refractivity contribution < 1.29 is 34.3 Å². The van der Waals surface area contributed by atoms with Crippen LogP contribution < -0.4 is 5.26 Å². The number of hydrogen-bond acceptors (Lipinski definition) is 8. The van der Waals surface area contributed by atoms with Gasteiger partial charge in [0.2, 0.25) is 0 Å². The lowest BCUT2D eigenvalue weighted by atomic mass is 10.2. The smallest absolute Gasteiger partial charge is 0.186 e. The Morgan fingerprint density at radius 1 is 1.43 bits per heavy atom. The maximum Gasteiger partial charge on any atom is 0.186 e. The monoisotopic (exact) mass is 227 g/mol. The average Bonchev–Trinajstić information content (AvgIpc) is 2.46. The lowest BCUT2D eigenvalue weighted by molar-refractivity contribution is -0.777. The first-order valence-corrected chi connectivity index (χ1v) is 4.74. The lowest BCUT2D eigenvalue weighted by Crippen LogP contribution is -2.33. The summed E-state index contributed by atoms with van der Waals surface area (Å²) in [6.45, 7) is 0. The van der Waals surface area contributed by atoms with Crippen molar-refractivity contribution in [3.63, 3.8) is 0 Å². The largest absolute Gasteiger partial charge is 0.691 e. The van der Waals surface area contributed by atoms with Gasteiger partial charge in [-0.3, -0.25) is 5.04 Å². The van der Waals surface area contributed by atoms with Gasteiger partial charge in [0, 0.05) is 19.2 Å². The number of aliphatic hydroxyl groups is 2. The third kappa shape index (κ3) is 2.78. The fraction of sp³-hybridized carbons (Fsp3) is 1.00. The van der Waals surface area contributed by atoms with E-state index in [1.807, 2.05) is 0 Å². The first kappa shape index (κ1) is 12.1. The summed E-state index contributed by atoms with van der Waals surface area (Å²) in [5.41, 5.74) is 0. The summed E-state index contributed by atoms with van der Waals surface area (Å²) in [6, 6.07) is 0. The van der Waals surface area contributed by atoms with Gasteiger partial charge in [0.15, 0.2) is 6.29 Å². The van der Waals surface area contributed by atoms with E-state index in [1.54, 1.807) is 0 Å². The van der Waals surface area contributed by atoms with Crippen LogP contribution >= 0.6 is 12.0 Å². The molecule has 1 heterocycles. The van der Waals surface area contributed by atoms with Gasteiger partial charge in [-0.1, -0.05) is 0 Å². The van der Waals surface area contributed by atoms with Crippen LogP contribution in [0.5, 0.6) is 0 Å². The Kier molecular flexibility index (Phi) is 5.06. The van der Waals surface area contributed by atoms with Crippen molar-refractivity contribution in [3.8, 4) is 0 Å². The lowest BCUT2D eigenvalue weighted by Gasteiger charge is -2.13. The summed E-state index contributed by atoms with van der Waals surface area (Å²) < 4.78 is 13.9. The molecule has 2 N–H and O–H groups in total. The number of rotatable bonds is 5. The summed E-state index contributed by atoms with van der Waals surface area (Å²) in [5.74, 6) is 0.153. The van der Waals surface area contributed by atoms with Crippen molar-refractivity contribution in [1.82, 2.24) is 0 Å². The molecule has 0 aromatic heterocycles. The van der Waals surface area contributed by atoms with Crippen LogP contribution in [0.15, 0.2) is 0 Å². The van der Waals surface area contributed by atoms with Crippen LogP contribution in [0, 0.1) is 0 Å². The van der Waals surface area contributed by atoms with Gasteiger partial charge in [0.25, 0.3) is 0 Å². The van der Waals surface area contributed by atoms with Gasteiger partial charge in [0.05, 0.1) is 5.75 Å². The van der Waals surface area contributed by atoms with E-state index in [0.29, 0.717) is 12.0 Å². The second-order valence-electron chi connectivity index (χ2n) is 2.68. The highest BCUT2D eigenvalue weighted by Crippen LogP contribution is 2.24. The Morgan fingerprint density at radius 2 is 2.14 bits per heavy atom. The molecule has 1 aliphatic heterocycles. The van der Waals surface area contributed by atoms with Crippen molar-refractivity contribution >= 4 is 12.0 Å². The van der Waals surface area contributed by atoms with Crippen molar-refractivity contribution in [1.29, 1.82) is 0 Å². The Morgan fingerprint density at radius 3 is 2.64 bits per heavy atom. The van der Waals surface area contributed by atoms with E-state index in [-0.39, 0.29) is 5.75 Å². The van der Waals surface area contributed by atoms with Crippen LogP contribution in [0.4, 0.5) is 0 Å². The van der Waals surface area contributed by atoms with E-state index in [4.69, 9.17) is 9.47 Å². The first-order valence-electron chi connectivity index (χ1n) is 3.83. The predicted molar refractivity (Wildman–Crippen MR) is 42.3 cm³/mol. The molecule has 14 heavy (non-hydrogen) atoms. The van der Waals surface area contributed by atoms with Crippen LogP contribution in [0.1, 0.15) is 0 Å². The van der Waals surface area contributed by atoms with Crippen LogP contribution in [0.3, 0.4) is 0 Å². The molecule has 0 radical (unpaired) electrons. The number of methoxy groups -OCH3 is 1. The molecular weight excluding hydrogens is 216 g/mol. The Hall–Kier alpha value is 0.0700. The van der Waals surface area contributed by atoms with E-state index in [0.717, 1.165) is 0 Å². The Balaban J connectivity index is 2.32. The number of ether oxygens (including phenoxy) is 2. The zero-order chi connectivity index (χ0) is 10.6. The minimum Gasteiger partial charge on any atom is -0.691 e. The maximum absolute atomic E-state index is 9.45. The molecule has 0 aliphatic carbocycles. The van der Waals surface area contributed by atoms with Gasteiger partial charge in [-0.2, -0.15) is 4.33 Å². The molecule has 1 aliphatic rings. The maximum atomic E-state index is 9.45. The summed E-state index contributed by atoms with van der Waals surface area (Å²) >= 11 is 0.682. The molecule has 4 atom stereocenters. The minimum absolute atomic E-state index is 0.153. The summed E-state index contributed by atoms with van der Waals surface area (Å²) in [4.78, 5) is 0. The SMILES string of the molecule is COC1OC(CSOO[O-])C(O)C1O. The van der Waals surface area contributed by atoms with Gasteiger partial charge < -0.3 is 24.9 Å². The number of hydrogen-bond donors (Lipinski definition) is 2. The van der Waals surface area contributed by atoms with Gasteiger partial charge in [-0.05, 0) is 0 Å². The molecule has 1 saturated heterocycles. The molecule has 0 aromatic carbocycles. The van der Waals surface area contributed by atoms with Gasteiger partial charge in [-0.25, -0.2) is 0 Å². The zero-order valence-electron chi connectivity index (χ0n) is 7.36. The molecule has 7 nitrogen and oxygen atoms in total. The zero-order valence-corrected chi connectivity index (χ0v) is 8.18. The molecule has 8 heteroatoms. The van der Waals surface area contributed by atoms with E-state index in [9.17, 15) is 15.5 Å². The van der Waals surface area contributed by atoms with Crippen LogP contribution in [-0.2, 0) is 18.8 Å². The van der Waals surface area contributed by atoms with E-state index >= 15 is 0 Å². The van der Waals surface area contributed by atoms with Crippen molar-refractivity contribution in [2.75, 3.05) is 12.9 Å². The third-order valence-electron chi connectivity index (χ3n) is 1.86. The molecule has 0 amide bonds. The van der Waals surface area contributed by atoms with E-state index in [1.165, 1.54) is 7.11 Å². The molecule has 1 rings (SSSR count). The standard InChI is InChI=1S/C6H12O7S/c1-10-6-5(8)4(7)3(11-6)2-14-13-12-9/h3-9H,2H2,1H3/p-1. The molecular formula is C6H11O7S-. The molecule has 0 aromatic rings. The molecule has 0 spiro atoms. The van der Waals surface area contributed by atoms with Crippen molar-refractivity contribution in [3.05, 3.63) is 0 Å². The predicted octanol–water partition coefficient (Wildman–Crippen LogP) is -2.05. The topological polar surface area (TPSA) is 100 Å². The Bertz CT molecular complexity index is 168. The second kappa shape index (κ2) is 5.83. The number of aliphatic hydroxyl groups excluding tert-OH is 2. The summed E-state index contributed by atoms with van der Waals surface area (Å²) in [6.07, 6.45) is -3.68. The summed E-state index contributed by atoms with van der Waals surface area (Å²) in [7, 11) is 1.35.